The van der Waals surface area contributed by atoms with E-state index in [-0.39, 0.29) is 18.0 Å². The molecule has 1 aliphatic heterocycles. The van der Waals surface area contributed by atoms with E-state index < -0.39 is 0 Å². The molecule has 0 radical (unpaired) electrons. The summed E-state index contributed by atoms with van der Waals surface area (Å²) in [4.78, 5) is 16.8. The van der Waals surface area contributed by atoms with E-state index in [1.54, 1.807) is 29.2 Å². The van der Waals surface area contributed by atoms with Crippen molar-refractivity contribution in [1.29, 1.82) is 0 Å². The third-order valence-electron chi connectivity index (χ3n) is 5.21. The highest BCUT2D eigenvalue weighted by atomic mass is 79.9. The van der Waals surface area contributed by atoms with Crippen molar-refractivity contribution in [2.24, 2.45) is 0 Å². The van der Waals surface area contributed by atoms with E-state index in [2.05, 4.69) is 48.8 Å². The topological polar surface area (TPSA) is 81.1 Å². The molecule has 1 fully saturated rings. The van der Waals surface area contributed by atoms with Gasteiger partial charge in [0.1, 0.15) is 12.7 Å². The van der Waals surface area contributed by atoms with Gasteiger partial charge < -0.3 is 10.1 Å². The summed E-state index contributed by atoms with van der Waals surface area (Å²) in [5.41, 5.74) is 2.09. The molecule has 0 atom stereocenters. The maximum absolute atomic E-state index is 12.8. The highest BCUT2D eigenvalue weighted by Gasteiger charge is 2.34. The Bertz CT molecular complexity index is 1020. The van der Waals surface area contributed by atoms with E-state index in [0.717, 1.165) is 22.9 Å². The third-order valence-corrected chi connectivity index (χ3v) is 5.94. The number of aromatic nitrogens is 3. The molecule has 4 rings (SSSR count). The number of rotatable bonds is 6. The molecule has 30 heavy (non-hydrogen) atoms. The van der Waals surface area contributed by atoms with Gasteiger partial charge in [-0.05, 0) is 48.7 Å². The van der Waals surface area contributed by atoms with Gasteiger partial charge in [-0.1, -0.05) is 39.7 Å². The van der Waals surface area contributed by atoms with Crippen LogP contribution in [0.3, 0.4) is 0 Å². The molecule has 1 aliphatic rings. The van der Waals surface area contributed by atoms with E-state index in [4.69, 9.17) is 16.3 Å². The molecule has 156 valence electrons. The monoisotopic (exact) mass is 489 g/mol. The Kier molecular flexibility index (Phi) is 6.48. The number of nitrogens with one attached hydrogen (secondary N) is 2. The summed E-state index contributed by atoms with van der Waals surface area (Å²) in [7, 11) is 0. The fourth-order valence-corrected chi connectivity index (χ4v) is 4.23. The Morgan fingerprint density at radius 2 is 2.07 bits per heavy atom. The van der Waals surface area contributed by atoms with Gasteiger partial charge in [0.05, 0.1) is 17.9 Å². The molecule has 3 aromatic rings. The SMILES string of the molecule is O=C(CNC1(c2cccc(Br)c2)CCOCC1)Nc1cc(Cl)ccc1-n1cncn1. The van der Waals surface area contributed by atoms with Crippen molar-refractivity contribution in [3.8, 4) is 5.69 Å². The zero-order chi connectivity index (χ0) is 21.0. The maximum Gasteiger partial charge on any atom is 0.238 e. The zero-order valence-electron chi connectivity index (χ0n) is 16.1. The zero-order valence-corrected chi connectivity index (χ0v) is 18.5. The molecule has 2 aromatic carbocycles. The van der Waals surface area contributed by atoms with E-state index in [1.807, 2.05) is 12.1 Å². The van der Waals surface area contributed by atoms with Crippen LogP contribution in [0.5, 0.6) is 0 Å². The number of carbonyl (C=O) groups is 1. The minimum atomic E-state index is -0.317. The van der Waals surface area contributed by atoms with Crippen LogP contribution >= 0.6 is 27.5 Å². The first kappa shape index (κ1) is 21.0. The summed E-state index contributed by atoms with van der Waals surface area (Å²) >= 11 is 9.69. The highest BCUT2D eigenvalue weighted by Crippen LogP contribution is 2.33. The number of carbonyl (C=O) groups excluding carboxylic acids is 1. The van der Waals surface area contributed by atoms with Crippen LogP contribution in [0.15, 0.2) is 59.6 Å². The van der Waals surface area contributed by atoms with E-state index >= 15 is 0 Å². The van der Waals surface area contributed by atoms with Gasteiger partial charge in [0.15, 0.2) is 0 Å². The molecule has 0 saturated carbocycles. The third kappa shape index (κ3) is 4.73. The van der Waals surface area contributed by atoms with Gasteiger partial charge in [-0.25, -0.2) is 9.67 Å². The number of amides is 1. The number of halogens is 2. The standard InChI is InChI=1S/C21H21BrClN5O2/c22-16-3-1-2-15(10-16)21(6-8-30-9-7-21)25-12-20(29)27-18-11-17(23)4-5-19(18)28-14-24-13-26-28/h1-5,10-11,13-14,25H,6-9,12H2,(H,27,29). The molecule has 2 N–H and O–H groups in total. The lowest BCUT2D eigenvalue weighted by Gasteiger charge is -2.38. The molecule has 1 aromatic heterocycles. The number of ether oxygens (including phenoxy) is 1. The molecule has 1 saturated heterocycles. The summed E-state index contributed by atoms with van der Waals surface area (Å²) in [6, 6.07) is 13.4. The molecule has 9 heteroatoms. The smallest absolute Gasteiger partial charge is 0.238 e. The molecule has 0 aliphatic carbocycles. The highest BCUT2D eigenvalue weighted by molar-refractivity contribution is 9.10. The van der Waals surface area contributed by atoms with Crippen molar-refractivity contribution in [3.05, 3.63) is 70.2 Å². The molecule has 2 heterocycles. The Morgan fingerprint density at radius 1 is 1.23 bits per heavy atom. The van der Waals surface area contributed by atoms with Gasteiger partial charge in [-0.3, -0.25) is 10.1 Å². The average molecular weight is 491 g/mol. The lowest BCUT2D eigenvalue weighted by Crippen LogP contribution is -2.49. The summed E-state index contributed by atoms with van der Waals surface area (Å²) in [6.45, 7) is 1.44. The minimum absolute atomic E-state index is 0.149. The van der Waals surface area contributed by atoms with Gasteiger partial charge in [0.2, 0.25) is 5.91 Å². The Hall–Kier alpha value is -2.26. The second-order valence-electron chi connectivity index (χ2n) is 7.11. The summed E-state index contributed by atoms with van der Waals surface area (Å²) in [5.74, 6) is -0.167. The second-order valence-corrected chi connectivity index (χ2v) is 8.46. The van der Waals surface area contributed by atoms with Gasteiger partial charge >= 0.3 is 0 Å². The molecule has 0 spiro atoms. The average Bonchev–Trinajstić information content (AvgIpc) is 3.28. The quantitative estimate of drug-likeness (QED) is 0.547. The number of nitrogens with zero attached hydrogens (tertiary/aromatic N) is 3. The van der Waals surface area contributed by atoms with Crippen LogP contribution < -0.4 is 10.6 Å². The number of benzene rings is 2. The Labute approximate surface area is 187 Å². The number of anilines is 1. The molecular formula is C21H21BrClN5O2. The minimum Gasteiger partial charge on any atom is -0.381 e. The molecule has 1 amide bonds. The largest absolute Gasteiger partial charge is 0.381 e. The van der Waals surface area contributed by atoms with E-state index in [1.165, 1.54) is 6.33 Å². The van der Waals surface area contributed by atoms with Crippen LogP contribution in [0.4, 0.5) is 5.69 Å². The predicted molar refractivity (Wildman–Crippen MR) is 119 cm³/mol. The Balaban J connectivity index is 1.51. The van der Waals surface area contributed by atoms with Crippen LogP contribution in [0.2, 0.25) is 5.02 Å². The molecule has 0 bridgehead atoms. The van der Waals surface area contributed by atoms with Crippen LogP contribution in [0.1, 0.15) is 18.4 Å². The fourth-order valence-electron chi connectivity index (χ4n) is 3.66. The predicted octanol–water partition coefficient (Wildman–Crippen LogP) is 3.92. The van der Waals surface area contributed by atoms with Gasteiger partial charge in [0.25, 0.3) is 0 Å². The summed E-state index contributed by atoms with van der Waals surface area (Å²) in [5, 5.41) is 11.1. The van der Waals surface area contributed by atoms with Crippen molar-refractivity contribution < 1.29 is 9.53 Å². The maximum atomic E-state index is 12.8. The molecule has 0 unspecified atom stereocenters. The lowest BCUT2D eigenvalue weighted by molar-refractivity contribution is -0.116. The van der Waals surface area contributed by atoms with Gasteiger partial charge in [-0.15, -0.1) is 0 Å². The fraction of sp³-hybridized carbons (Fsp3) is 0.286. The van der Waals surface area contributed by atoms with Crippen molar-refractivity contribution in [1.82, 2.24) is 20.1 Å². The van der Waals surface area contributed by atoms with E-state index in [0.29, 0.717) is 29.6 Å². The van der Waals surface area contributed by atoms with Crippen LogP contribution in [-0.4, -0.2) is 40.4 Å². The van der Waals surface area contributed by atoms with E-state index in [9.17, 15) is 4.79 Å². The number of hydrogen-bond donors (Lipinski definition) is 2. The first-order valence-corrected chi connectivity index (χ1v) is 10.8. The van der Waals surface area contributed by atoms with Gasteiger partial charge in [-0.2, -0.15) is 5.10 Å². The van der Waals surface area contributed by atoms with Crippen LogP contribution in [-0.2, 0) is 15.1 Å². The number of hydrogen-bond acceptors (Lipinski definition) is 5. The second kappa shape index (κ2) is 9.26. The van der Waals surface area contributed by atoms with Gasteiger partial charge in [0, 0.05) is 28.2 Å². The summed E-state index contributed by atoms with van der Waals surface area (Å²) < 4.78 is 8.16. The molecular weight excluding hydrogens is 470 g/mol. The molecule has 7 nitrogen and oxygen atoms in total. The summed E-state index contributed by atoms with van der Waals surface area (Å²) in [6.07, 6.45) is 4.59. The van der Waals surface area contributed by atoms with Crippen LogP contribution in [0, 0.1) is 0 Å². The normalized spacial score (nSPS) is 15.7. The van der Waals surface area contributed by atoms with Crippen molar-refractivity contribution in [3.63, 3.8) is 0 Å². The van der Waals surface area contributed by atoms with Crippen molar-refractivity contribution in [2.45, 2.75) is 18.4 Å². The lowest BCUT2D eigenvalue weighted by atomic mass is 9.82. The first-order chi connectivity index (χ1) is 14.6. The van der Waals surface area contributed by atoms with Crippen molar-refractivity contribution >= 4 is 39.1 Å². The van der Waals surface area contributed by atoms with Crippen molar-refractivity contribution in [2.75, 3.05) is 25.1 Å². The first-order valence-electron chi connectivity index (χ1n) is 9.59. The Morgan fingerprint density at radius 3 is 2.80 bits per heavy atom. The van der Waals surface area contributed by atoms with Crippen LogP contribution in [0.25, 0.3) is 5.69 Å².